The summed E-state index contributed by atoms with van der Waals surface area (Å²) in [6.07, 6.45) is 0. The minimum absolute atomic E-state index is 0.0453. The zero-order valence-corrected chi connectivity index (χ0v) is 17.9. The first-order valence-electron chi connectivity index (χ1n) is 9.97. The Bertz CT molecular complexity index is 919. The molecule has 7 nitrogen and oxygen atoms in total. The average molecular weight is 430 g/mol. The number of likely N-dealkylation sites (tertiary alicyclic amines) is 1. The highest BCUT2D eigenvalue weighted by Gasteiger charge is 2.41. The maximum atomic E-state index is 13.1. The first-order valence-corrected chi connectivity index (χ1v) is 9.97. The van der Waals surface area contributed by atoms with Crippen LogP contribution in [0.2, 0.25) is 0 Å². The molecule has 166 valence electrons. The number of hydrogen-bond donors (Lipinski definition) is 1. The van der Waals surface area contributed by atoms with Gasteiger partial charge in [0.2, 0.25) is 11.8 Å². The van der Waals surface area contributed by atoms with Gasteiger partial charge >= 0.3 is 0 Å². The molecule has 1 N–H and O–H groups in total. The maximum Gasteiger partial charge on any atom is 0.248 e. The van der Waals surface area contributed by atoms with Crippen LogP contribution in [0.5, 0.6) is 11.5 Å². The van der Waals surface area contributed by atoms with Crippen LogP contribution in [0.4, 0.5) is 4.39 Å². The predicted molar refractivity (Wildman–Crippen MR) is 112 cm³/mol. The molecule has 8 heteroatoms. The lowest BCUT2D eigenvalue weighted by Gasteiger charge is -2.21. The highest BCUT2D eigenvalue weighted by Crippen LogP contribution is 2.39. The Labute approximate surface area is 181 Å². The van der Waals surface area contributed by atoms with E-state index in [0.29, 0.717) is 18.0 Å². The van der Waals surface area contributed by atoms with Crippen molar-refractivity contribution in [3.05, 3.63) is 59.4 Å². The van der Waals surface area contributed by atoms with E-state index in [0.717, 1.165) is 11.1 Å². The molecule has 0 bridgehead atoms. The van der Waals surface area contributed by atoms with E-state index < -0.39 is 5.92 Å². The highest BCUT2D eigenvalue weighted by molar-refractivity contribution is 5.84. The Morgan fingerprint density at radius 3 is 2.45 bits per heavy atom. The third-order valence-corrected chi connectivity index (χ3v) is 5.50. The summed E-state index contributed by atoms with van der Waals surface area (Å²) in [5, 5.41) is 2.92. The minimum atomic E-state index is -0.469. The molecule has 1 heterocycles. The van der Waals surface area contributed by atoms with Crippen LogP contribution in [-0.2, 0) is 20.9 Å². The fourth-order valence-corrected chi connectivity index (χ4v) is 3.85. The lowest BCUT2D eigenvalue weighted by molar-refractivity contribution is -0.134. The minimum Gasteiger partial charge on any atom is -0.497 e. The van der Waals surface area contributed by atoms with E-state index in [2.05, 4.69) is 5.32 Å². The first-order chi connectivity index (χ1) is 15.0. The molecule has 2 amide bonds. The standard InChI is InChI=1S/C23H27FN2O5/c1-29-14-22(27)26-12-19(18-9-8-17(30-2)10-21(18)31-3)20(13-26)23(28)25-11-15-4-6-16(24)7-5-15/h4-10,19-20H,11-14H2,1-3H3,(H,25,28)/t19-,20+/m1/s1. The number of amides is 2. The number of carbonyl (C=O) groups excluding carboxylic acids is 2. The molecule has 2 aromatic carbocycles. The first kappa shape index (κ1) is 22.6. The third-order valence-electron chi connectivity index (χ3n) is 5.50. The van der Waals surface area contributed by atoms with E-state index in [9.17, 15) is 14.0 Å². The number of halogens is 1. The van der Waals surface area contributed by atoms with Gasteiger partial charge in [0.1, 0.15) is 23.9 Å². The molecule has 0 unspecified atom stereocenters. The summed E-state index contributed by atoms with van der Waals surface area (Å²) < 4.78 is 28.9. The van der Waals surface area contributed by atoms with Gasteiger partial charge < -0.3 is 24.4 Å². The molecule has 1 aliphatic heterocycles. The van der Waals surface area contributed by atoms with Gasteiger partial charge in [-0.3, -0.25) is 9.59 Å². The summed E-state index contributed by atoms with van der Waals surface area (Å²) in [5.74, 6) is -0.165. The molecule has 0 spiro atoms. The number of carbonyl (C=O) groups is 2. The van der Waals surface area contributed by atoms with E-state index in [4.69, 9.17) is 14.2 Å². The molecule has 1 fully saturated rings. The summed E-state index contributed by atoms with van der Waals surface area (Å²) in [7, 11) is 4.59. The Hall–Kier alpha value is -3.13. The second-order valence-corrected chi connectivity index (χ2v) is 7.40. The Balaban J connectivity index is 1.82. The van der Waals surface area contributed by atoms with Crippen molar-refractivity contribution in [2.75, 3.05) is 41.0 Å². The lowest BCUT2D eigenvalue weighted by Crippen LogP contribution is -2.36. The SMILES string of the molecule is COCC(=O)N1C[C@H](C(=O)NCc2ccc(F)cc2)[C@@H](c2ccc(OC)cc2OC)C1. The molecule has 1 aliphatic rings. The van der Waals surface area contributed by atoms with Gasteiger partial charge in [-0.1, -0.05) is 18.2 Å². The summed E-state index contributed by atoms with van der Waals surface area (Å²) >= 11 is 0. The lowest BCUT2D eigenvalue weighted by atomic mass is 9.87. The van der Waals surface area contributed by atoms with E-state index in [1.165, 1.54) is 19.2 Å². The third kappa shape index (κ3) is 5.32. The van der Waals surface area contributed by atoms with Crippen molar-refractivity contribution in [3.8, 4) is 11.5 Å². The molecule has 0 aliphatic carbocycles. The van der Waals surface area contributed by atoms with Gasteiger partial charge in [0.15, 0.2) is 0 Å². The summed E-state index contributed by atoms with van der Waals surface area (Å²) in [6, 6.07) is 11.4. The monoisotopic (exact) mass is 430 g/mol. The summed E-state index contributed by atoms with van der Waals surface area (Å²) in [5.41, 5.74) is 1.62. The van der Waals surface area contributed by atoms with Gasteiger partial charge in [-0.05, 0) is 23.8 Å². The number of rotatable bonds is 8. The van der Waals surface area contributed by atoms with Crippen LogP contribution < -0.4 is 14.8 Å². The molecule has 2 atom stereocenters. The number of nitrogens with one attached hydrogen (secondary N) is 1. The average Bonchev–Trinajstić information content (AvgIpc) is 3.23. The van der Waals surface area contributed by atoms with Crippen LogP contribution in [-0.4, -0.2) is 57.7 Å². The molecular weight excluding hydrogens is 403 g/mol. The van der Waals surface area contributed by atoms with E-state index in [1.54, 1.807) is 37.3 Å². The van der Waals surface area contributed by atoms with E-state index in [1.807, 2.05) is 12.1 Å². The fraction of sp³-hybridized carbons (Fsp3) is 0.391. The number of methoxy groups -OCH3 is 3. The second-order valence-electron chi connectivity index (χ2n) is 7.40. The maximum absolute atomic E-state index is 13.1. The van der Waals surface area contributed by atoms with Gasteiger partial charge in [0.05, 0.1) is 20.1 Å². The van der Waals surface area contributed by atoms with Crippen LogP contribution in [0, 0.1) is 11.7 Å². The van der Waals surface area contributed by atoms with Gasteiger partial charge in [-0.15, -0.1) is 0 Å². The Morgan fingerprint density at radius 1 is 1.06 bits per heavy atom. The Kier molecular flexibility index (Phi) is 7.46. The van der Waals surface area contributed by atoms with E-state index in [-0.39, 0.29) is 43.2 Å². The molecular formula is C23H27FN2O5. The quantitative estimate of drug-likeness (QED) is 0.696. The van der Waals surface area contributed by atoms with Gasteiger partial charge in [-0.25, -0.2) is 4.39 Å². The van der Waals surface area contributed by atoms with Crippen molar-refractivity contribution in [2.24, 2.45) is 5.92 Å². The largest absolute Gasteiger partial charge is 0.497 e. The van der Waals surface area contributed by atoms with Crippen LogP contribution in [0.3, 0.4) is 0 Å². The smallest absolute Gasteiger partial charge is 0.248 e. The predicted octanol–water partition coefficient (Wildman–Crippen LogP) is 2.35. The van der Waals surface area contributed by atoms with Gasteiger partial charge in [0, 0.05) is 44.3 Å². The molecule has 0 radical (unpaired) electrons. The molecule has 0 saturated carbocycles. The number of benzene rings is 2. The highest BCUT2D eigenvalue weighted by atomic mass is 19.1. The molecule has 3 rings (SSSR count). The van der Waals surface area contributed by atoms with Gasteiger partial charge in [-0.2, -0.15) is 0 Å². The topological polar surface area (TPSA) is 77.1 Å². The second kappa shape index (κ2) is 10.3. The van der Waals surface area contributed by atoms with Crippen molar-refractivity contribution in [2.45, 2.75) is 12.5 Å². The van der Waals surface area contributed by atoms with Crippen LogP contribution in [0.15, 0.2) is 42.5 Å². The molecule has 0 aromatic heterocycles. The Morgan fingerprint density at radius 2 is 1.81 bits per heavy atom. The van der Waals surface area contributed by atoms with Crippen molar-refractivity contribution < 1.29 is 28.2 Å². The fourth-order valence-electron chi connectivity index (χ4n) is 3.85. The molecule has 2 aromatic rings. The zero-order valence-electron chi connectivity index (χ0n) is 17.9. The van der Waals surface area contributed by atoms with Crippen LogP contribution in [0.25, 0.3) is 0 Å². The number of ether oxygens (including phenoxy) is 3. The normalized spacial score (nSPS) is 18.0. The van der Waals surface area contributed by atoms with Crippen molar-refractivity contribution in [1.82, 2.24) is 10.2 Å². The molecule has 1 saturated heterocycles. The number of hydrogen-bond acceptors (Lipinski definition) is 5. The van der Waals surface area contributed by atoms with E-state index >= 15 is 0 Å². The zero-order chi connectivity index (χ0) is 22.4. The van der Waals surface area contributed by atoms with Crippen molar-refractivity contribution in [1.29, 1.82) is 0 Å². The summed E-state index contributed by atoms with van der Waals surface area (Å²) in [4.78, 5) is 27.2. The van der Waals surface area contributed by atoms with Crippen LogP contribution >= 0.6 is 0 Å². The van der Waals surface area contributed by atoms with Crippen molar-refractivity contribution >= 4 is 11.8 Å². The molecule has 31 heavy (non-hydrogen) atoms. The van der Waals surface area contributed by atoms with Crippen LogP contribution in [0.1, 0.15) is 17.0 Å². The van der Waals surface area contributed by atoms with Gasteiger partial charge in [0.25, 0.3) is 0 Å². The summed E-state index contributed by atoms with van der Waals surface area (Å²) in [6.45, 7) is 0.876. The van der Waals surface area contributed by atoms with Crippen molar-refractivity contribution in [3.63, 3.8) is 0 Å². The number of nitrogens with zero attached hydrogens (tertiary/aromatic N) is 1.